The van der Waals surface area contributed by atoms with Crippen molar-refractivity contribution in [3.8, 4) is 11.4 Å². The van der Waals surface area contributed by atoms with Gasteiger partial charge in [0.05, 0.1) is 18.8 Å². The van der Waals surface area contributed by atoms with Gasteiger partial charge in [-0.05, 0) is 22.9 Å². The molecule has 4 rings (SSSR count). The number of nitrogens with one attached hydrogen (secondary N) is 1. The highest BCUT2D eigenvalue weighted by molar-refractivity contribution is 5.62. The number of benzene rings is 2. The molecular formula is C17H16FN5O. The number of aromatic nitrogens is 4. The van der Waals surface area contributed by atoms with Gasteiger partial charge in [0.2, 0.25) is 5.82 Å². The first-order valence-electron chi connectivity index (χ1n) is 7.75. The lowest BCUT2D eigenvalue weighted by molar-refractivity contribution is 0.132. The van der Waals surface area contributed by atoms with E-state index in [9.17, 15) is 4.39 Å². The third-order valence-corrected chi connectivity index (χ3v) is 4.13. The molecule has 1 aliphatic rings. The fourth-order valence-electron chi connectivity index (χ4n) is 3.01. The number of hydrogen-bond acceptors (Lipinski definition) is 5. The van der Waals surface area contributed by atoms with Crippen LogP contribution in [0.5, 0.6) is 0 Å². The Kier molecular flexibility index (Phi) is 3.92. The number of para-hydroxylation sites is 1. The van der Waals surface area contributed by atoms with Gasteiger partial charge in [0.15, 0.2) is 0 Å². The molecule has 1 N–H and O–H groups in total. The van der Waals surface area contributed by atoms with E-state index in [0.29, 0.717) is 25.3 Å². The van der Waals surface area contributed by atoms with Gasteiger partial charge >= 0.3 is 0 Å². The number of aromatic amines is 1. The van der Waals surface area contributed by atoms with E-state index in [0.717, 1.165) is 23.4 Å². The third-order valence-electron chi connectivity index (χ3n) is 4.13. The van der Waals surface area contributed by atoms with Crippen LogP contribution in [0.15, 0.2) is 42.5 Å². The van der Waals surface area contributed by atoms with Crippen LogP contribution in [0.3, 0.4) is 0 Å². The molecule has 6 nitrogen and oxygen atoms in total. The minimum Gasteiger partial charge on any atom is -0.375 e. The van der Waals surface area contributed by atoms with E-state index in [1.54, 1.807) is 6.07 Å². The van der Waals surface area contributed by atoms with Crippen molar-refractivity contribution in [1.29, 1.82) is 0 Å². The zero-order chi connectivity index (χ0) is 16.4. The molecule has 0 bridgehead atoms. The molecule has 122 valence electrons. The predicted molar refractivity (Wildman–Crippen MR) is 86.7 cm³/mol. The van der Waals surface area contributed by atoms with Crippen molar-refractivity contribution in [3.05, 3.63) is 59.4 Å². The summed E-state index contributed by atoms with van der Waals surface area (Å²) in [6, 6.07) is 13.1. The van der Waals surface area contributed by atoms with Crippen LogP contribution in [0, 0.1) is 5.82 Å². The number of nitrogens with zero attached hydrogens (tertiary/aromatic N) is 4. The molecule has 0 saturated carbocycles. The van der Waals surface area contributed by atoms with E-state index in [2.05, 4.69) is 37.7 Å². The Bertz CT molecular complexity index is 837. The molecule has 0 amide bonds. The summed E-state index contributed by atoms with van der Waals surface area (Å²) in [5.41, 5.74) is 3.44. The van der Waals surface area contributed by atoms with E-state index in [-0.39, 0.29) is 11.6 Å². The number of H-pyrrole nitrogens is 1. The van der Waals surface area contributed by atoms with Gasteiger partial charge in [0, 0.05) is 24.3 Å². The summed E-state index contributed by atoms with van der Waals surface area (Å²) >= 11 is 0. The van der Waals surface area contributed by atoms with Gasteiger partial charge in [-0.1, -0.05) is 30.3 Å². The number of hydrogen-bond donors (Lipinski definition) is 1. The van der Waals surface area contributed by atoms with Gasteiger partial charge in [-0.15, -0.1) is 10.2 Å². The molecule has 3 aromatic rings. The third kappa shape index (κ3) is 2.74. The van der Waals surface area contributed by atoms with Gasteiger partial charge < -0.3 is 9.64 Å². The second-order valence-corrected chi connectivity index (χ2v) is 5.61. The monoisotopic (exact) mass is 325 g/mol. The quantitative estimate of drug-likeness (QED) is 0.801. The molecule has 7 heteroatoms. The van der Waals surface area contributed by atoms with Crippen LogP contribution in [0.25, 0.3) is 11.4 Å². The molecule has 0 spiro atoms. The average Bonchev–Trinajstić information content (AvgIpc) is 3.04. The van der Waals surface area contributed by atoms with Crippen molar-refractivity contribution in [2.75, 3.05) is 18.1 Å². The van der Waals surface area contributed by atoms with E-state index >= 15 is 0 Å². The van der Waals surface area contributed by atoms with Crippen molar-refractivity contribution in [1.82, 2.24) is 20.6 Å². The Morgan fingerprint density at radius 2 is 2.08 bits per heavy atom. The molecule has 0 radical (unpaired) electrons. The SMILES string of the molecule is Fc1cccc(CN2CCOCc3ccccc32)c1-c1nn[nH]n1. The number of rotatable bonds is 3. The Labute approximate surface area is 138 Å². The van der Waals surface area contributed by atoms with E-state index in [1.165, 1.54) is 6.07 Å². The molecule has 0 aliphatic carbocycles. The predicted octanol–water partition coefficient (Wildman–Crippen LogP) is 2.54. The molecule has 0 unspecified atom stereocenters. The van der Waals surface area contributed by atoms with Crippen LogP contribution in [0.4, 0.5) is 10.1 Å². The smallest absolute Gasteiger partial charge is 0.207 e. The molecular weight excluding hydrogens is 309 g/mol. The van der Waals surface area contributed by atoms with Crippen molar-refractivity contribution < 1.29 is 9.13 Å². The first-order valence-corrected chi connectivity index (χ1v) is 7.75. The molecule has 2 aromatic carbocycles. The second kappa shape index (κ2) is 6.37. The van der Waals surface area contributed by atoms with E-state index < -0.39 is 0 Å². The largest absolute Gasteiger partial charge is 0.375 e. The highest BCUT2D eigenvalue weighted by atomic mass is 19.1. The van der Waals surface area contributed by atoms with Crippen LogP contribution >= 0.6 is 0 Å². The van der Waals surface area contributed by atoms with Gasteiger partial charge in [-0.3, -0.25) is 0 Å². The van der Waals surface area contributed by atoms with Gasteiger partial charge in [0.25, 0.3) is 0 Å². The van der Waals surface area contributed by atoms with Crippen LogP contribution in [0.2, 0.25) is 0 Å². The van der Waals surface area contributed by atoms with Crippen molar-refractivity contribution in [2.24, 2.45) is 0 Å². The molecule has 24 heavy (non-hydrogen) atoms. The zero-order valence-corrected chi connectivity index (χ0v) is 12.9. The molecule has 1 aromatic heterocycles. The summed E-state index contributed by atoms with van der Waals surface area (Å²) in [4.78, 5) is 2.20. The summed E-state index contributed by atoms with van der Waals surface area (Å²) in [6.07, 6.45) is 0. The van der Waals surface area contributed by atoms with Crippen LogP contribution in [-0.4, -0.2) is 33.8 Å². The number of ether oxygens (including phenoxy) is 1. The summed E-state index contributed by atoms with van der Waals surface area (Å²) in [5, 5.41) is 13.8. The first kappa shape index (κ1) is 14.8. The number of halogens is 1. The highest BCUT2D eigenvalue weighted by Crippen LogP contribution is 2.29. The van der Waals surface area contributed by atoms with Crippen molar-refractivity contribution in [2.45, 2.75) is 13.2 Å². The van der Waals surface area contributed by atoms with Crippen LogP contribution < -0.4 is 4.90 Å². The molecule has 0 atom stereocenters. The first-order chi connectivity index (χ1) is 11.8. The Morgan fingerprint density at radius 3 is 2.96 bits per heavy atom. The zero-order valence-electron chi connectivity index (χ0n) is 12.9. The maximum absolute atomic E-state index is 14.4. The second-order valence-electron chi connectivity index (χ2n) is 5.61. The summed E-state index contributed by atoms with van der Waals surface area (Å²) < 4.78 is 20.0. The Morgan fingerprint density at radius 1 is 1.17 bits per heavy atom. The van der Waals surface area contributed by atoms with E-state index in [4.69, 9.17) is 4.74 Å². The van der Waals surface area contributed by atoms with Crippen molar-refractivity contribution in [3.63, 3.8) is 0 Å². The number of fused-ring (bicyclic) bond motifs is 1. The lowest BCUT2D eigenvalue weighted by Crippen LogP contribution is -2.26. The maximum atomic E-state index is 14.4. The molecule has 0 fully saturated rings. The Balaban J connectivity index is 1.73. The average molecular weight is 325 g/mol. The fourth-order valence-corrected chi connectivity index (χ4v) is 3.01. The normalized spacial score (nSPS) is 14.3. The number of tetrazole rings is 1. The highest BCUT2D eigenvalue weighted by Gasteiger charge is 2.20. The summed E-state index contributed by atoms with van der Waals surface area (Å²) in [7, 11) is 0. The van der Waals surface area contributed by atoms with E-state index in [1.807, 2.05) is 18.2 Å². The minimum absolute atomic E-state index is 0.266. The van der Waals surface area contributed by atoms with Gasteiger partial charge in [0.1, 0.15) is 5.82 Å². The van der Waals surface area contributed by atoms with Gasteiger partial charge in [-0.2, -0.15) is 5.21 Å². The summed E-state index contributed by atoms with van der Waals surface area (Å²) in [6.45, 7) is 2.50. The Hall–Kier alpha value is -2.80. The van der Waals surface area contributed by atoms with Crippen LogP contribution in [0.1, 0.15) is 11.1 Å². The fraction of sp³-hybridized carbons (Fsp3) is 0.235. The standard InChI is InChI=1S/C17H16FN5O/c18-14-6-3-5-12(16(14)17-19-21-22-20-17)10-23-8-9-24-11-13-4-1-2-7-15(13)23/h1-7H,8-11H2,(H,19,20,21,22). The minimum atomic E-state index is -0.353. The van der Waals surface area contributed by atoms with Crippen molar-refractivity contribution >= 4 is 5.69 Å². The van der Waals surface area contributed by atoms with Crippen LogP contribution in [-0.2, 0) is 17.9 Å². The molecule has 1 aliphatic heterocycles. The lowest BCUT2D eigenvalue weighted by Gasteiger charge is -2.25. The number of anilines is 1. The lowest BCUT2D eigenvalue weighted by atomic mass is 10.0. The topological polar surface area (TPSA) is 66.9 Å². The molecule has 0 saturated heterocycles. The maximum Gasteiger partial charge on any atom is 0.207 e. The summed E-state index contributed by atoms with van der Waals surface area (Å²) in [5.74, 6) is -0.0873. The molecule has 2 heterocycles. The van der Waals surface area contributed by atoms with Gasteiger partial charge in [-0.25, -0.2) is 4.39 Å².